The Hall–Kier alpha value is -1.13. The van der Waals surface area contributed by atoms with Crippen LogP contribution in [0.1, 0.15) is 22.3 Å². The molecule has 88 valence electrons. The first-order chi connectivity index (χ1) is 8.06. The first kappa shape index (κ1) is 12.3. The second-order valence-electron chi connectivity index (χ2n) is 4.72. The molecule has 0 saturated carbocycles. The summed E-state index contributed by atoms with van der Waals surface area (Å²) in [7, 11) is 0.762. The molecule has 2 rings (SSSR count). The van der Waals surface area contributed by atoms with Gasteiger partial charge in [0.1, 0.15) is 0 Å². The van der Waals surface area contributed by atoms with Crippen molar-refractivity contribution in [1.29, 1.82) is 0 Å². The van der Waals surface area contributed by atoms with Crippen LogP contribution in [0.2, 0.25) is 0 Å². The van der Waals surface area contributed by atoms with Crippen LogP contribution in [0, 0.1) is 27.7 Å². The molecule has 0 aromatic heterocycles. The van der Waals surface area contributed by atoms with E-state index in [-0.39, 0.29) is 0 Å². The van der Waals surface area contributed by atoms with Crippen molar-refractivity contribution in [2.24, 2.45) is 0 Å². The van der Waals surface area contributed by atoms with E-state index < -0.39 is 0 Å². The lowest BCUT2D eigenvalue weighted by Crippen LogP contribution is -2.05. The van der Waals surface area contributed by atoms with Crippen molar-refractivity contribution in [3.8, 4) is 0 Å². The summed E-state index contributed by atoms with van der Waals surface area (Å²) in [4.78, 5) is 0. The Labute approximate surface area is 106 Å². The molecule has 0 aliphatic heterocycles. The number of hydrogen-bond acceptors (Lipinski definition) is 0. The van der Waals surface area contributed by atoms with Crippen LogP contribution >= 0.6 is 8.58 Å². The maximum Gasteiger partial charge on any atom is -0.0223 e. The first-order valence-electron chi connectivity index (χ1n) is 5.98. The molecule has 0 spiro atoms. The summed E-state index contributed by atoms with van der Waals surface area (Å²) in [5.41, 5.74) is 5.52. The van der Waals surface area contributed by atoms with Crippen molar-refractivity contribution in [3.05, 3.63) is 58.7 Å². The first-order valence-corrected chi connectivity index (χ1v) is 6.98. The van der Waals surface area contributed by atoms with Gasteiger partial charge in [0, 0.05) is 0 Å². The largest absolute Gasteiger partial charge is 0.0591 e. The zero-order valence-electron chi connectivity index (χ0n) is 11.0. The van der Waals surface area contributed by atoms with Crippen LogP contribution in [-0.4, -0.2) is 0 Å². The molecule has 0 radical (unpaired) electrons. The highest BCUT2D eigenvalue weighted by atomic mass is 31.1. The molecule has 0 aliphatic carbocycles. The van der Waals surface area contributed by atoms with Gasteiger partial charge in [0.25, 0.3) is 0 Å². The van der Waals surface area contributed by atoms with E-state index in [0.29, 0.717) is 0 Å². The highest BCUT2D eigenvalue weighted by Gasteiger charge is 2.00. The van der Waals surface area contributed by atoms with Crippen LogP contribution in [0.15, 0.2) is 36.4 Å². The maximum atomic E-state index is 2.31. The monoisotopic (exact) mass is 242 g/mol. The molecule has 0 N–H and O–H groups in total. The van der Waals surface area contributed by atoms with Crippen molar-refractivity contribution >= 4 is 19.2 Å². The van der Waals surface area contributed by atoms with Crippen molar-refractivity contribution in [2.45, 2.75) is 27.7 Å². The Bertz CT molecular complexity index is 492. The van der Waals surface area contributed by atoms with Gasteiger partial charge in [-0.3, -0.25) is 0 Å². The summed E-state index contributed by atoms with van der Waals surface area (Å²) < 4.78 is 0. The molecule has 2 aromatic rings. The smallest absolute Gasteiger partial charge is 0.0223 e. The van der Waals surface area contributed by atoms with Gasteiger partial charge in [-0.25, -0.2) is 0 Å². The van der Waals surface area contributed by atoms with E-state index in [1.165, 1.54) is 32.9 Å². The third-order valence-corrected chi connectivity index (χ3v) is 4.50. The second kappa shape index (κ2) is 5.02. The van der Waals surface area contributed by atoms with Crippen LogP contribution < -0.4 is 10.6 Å². The fraction of sp³-hybridized carbons (Fsp3) is 0.250. The Kier molecular flexibility index (Phi) is 3.64. The fourth-order valence-electron chi connectivity index (χ4n) is 1.81. The van der Waals surface area contributed by atoms with E-state index >= 15 is 0 Å². The van der Waals surface area contributed by atoms with Crippen LogP contribution in [0.4, 0.5) is 0 Å². The Morgan fingerprint density at radius 1 is 0.588 bits per heavy atom. The van der Waals surface area contributed by atoms with Crippen molar-refractivity contribution in [1.82, 2.24) is 0 Å². The van der Waals surface area contributed by atoms with Crippen molar-refractivity contribution < 1.29 is 0 Å². The quantitative estimate of drug-likeness (QED) is 0.706. The topological polar surface area (TPSA) is 0 Å². The Morgan fingerprint density at radius 3 is 1.35 bits per heavy atom. The van der Waals surface area contributed by atoms with Crippen LogP contribution in [0.25, 0.3) is 0 Å². The van der Waals surface area contributed by atoms with Gasteiger partial charge >= 0.3 is 0 Å². The molecule has 17 heavy (non-hydrogen) atoms. The Balaban J connectivity index is 2.25. The van der Waals surface area contributed by atoms with E-state index in [9.17, 15) is 0 Å². The van der Waals surface area contributed by atoms with Gasteiger partial charge in [-0.15, -0.1) is 0 Å². The lowest BCUT2D eigenvalue weighted by molar-refractivity contribution is 1.35. The average Bonchev–Trinajstić information content (AvgIpc) is 2.29. The molecule has 1 heteroatoms. The molecular weight excluding hydrogens is 223 g/mol. The predicted octanol–water partition coefficient (Wildman–Crippen LogP) is 3.55. The third kappa shape index (κ3) is 2.96. The molecule has 0 nitrogen and oxygen atoms in total. The average molecular weight is 242 g/mol. The molecule has 0 fully saturated rings. The molecular formula is C16H19P. The summed E-state index contributed by atoms with van der Waals surface area (Å²) in [6.45, 7) is 8.70. The minimum atomic E-state index is 0.762. The number of hydrogen-bond donors (Lipinski definition) is 0. The minimum absolute atomic E-state index is 0.762. The Morgan fingerprint density at radius 2 is 1.00 bits per heavy atom. The number of aryl methyl sites for hydroxylation is 4. The van der Waals surface area contributed by atoms with Gasteiger partial charge in [0.05, 0.1) is 0 Å². The van der Waals surface area contributed by atoms with Crippen LogP contribution in [-0.2, 0) is 0 Å². The predicted molar refractivity (Wildman–Crippen MR) is 79.4 cm³/mol. The molecule has 0 amide bonds. The van der Waals surface area contributed by atoms with Gasteiger partial charge < -0.3 is 0 Å². The zero-order chi connectivity index (χ0) is 12.4. The normalized spacial score (nSPS) is 10.6. The number of benzene rings is 2. The molecule has 0 saturated heterocycles. The summed E-state index contributed by atoms with van der Waals surface area (Å²) in [5.74, 6) is 0. The highest BCUT2D eigenvalue weighted by Crippen LogP contribution is 2.15. The van der Waals surface area contributed by atoms with Crippen molar-refractivity contribution in [2.75, 3.05) is 0 Å². The molecule has 0 heterocycles. The van der Waals surface area contributed by atoms with E-state index in [1.54, 1.807) is 0 Å². The van der Waals surface area contributed by atoms with Gasteiger partial charge in [0.2, 0.25) is 0 Å². The fourth-order valence-corrected chi connectivity index (χ4v) is 3.05. The molecule has 0 bridgehead atoms. The molecule has 2 aromatic carbocycles. The molecule has 0 aliphatic rings. The van der Waals surface area contributed by atoms with E-state index in [2.05, 4.69) is 64.1 Å². The maximum absolute atomic E-state index is 2.31. The zero-order valence-corrected chi connectivity index (χ0v) is 12.0. The van der Waals surface area contributed by atoms with Gasteiger partial charge in [0.15, 0.2) is 0 Å². The van der Waals surface area contributed by atoms with Gasteiger partial charge in [-0.05, 0) is 60.6 Å². The highest BCUT2D eigenvalue weighted by molar-refractivity contribution is 7.55. The van der Waals surface area contributed by atoms with Crippen LogP contribution in [0.5, 0.6) is 0 Å². The summed E-state index contributed by atoms with van der Waals surface area (Å²) in [6, 6.07) is 13.6. The second-order valence-corrected chi connectivity index (χ2v) is 6.13. The van der Waals surface area contributed by atoms with Crippen LogP contribution in [0.3, 0.4) is 0 Å². The van der Waals surface area contributed by atoms with Gasteiger partial charge in [-0.1, -0.05) is 45.0 Å². The summed E-state index contributed by atoms with van der Waals surface area (Å²) in [6.07, 6.45) is 0. The molecule has 0 unspecified atom stereocenters. The summed E-state index contributed by atoms with van der Waals surface area (Å²) >= 11 is 0. The SMILES string of the molecule is Cc1ccc(Pc2ccc(C)c(C)c2)cc1C. The third-order valence-electron chi connectivity index (χ3n) is 3.30. The van der Waals surface area contributed by atoms with Crippen molar-refractivity contribution in [3.63, 3.8) is 0 Å². The standard InChI is InChI=1S/C16H19P/c1-11-5-7-15(9-13(11)3)17-16-8-6-12(2)14(4)10-16/h5-10,17H,1-4H3. The van der Waals surface area contributed by atoms with E-state index in [0.717, 1.165) is 8.58 Å². The molecule has 0 atom stereocenters. The summed E-state index contributed by atoms with van der Waals surface area (Å²) in [5, 5.41) is 2.85. The van der Waals surface area contributed by atoms with Gasteiger partial charge in [-0.2, -0.15) is 0 Å². The lowest BCUT2D eigenvalue weighted by atomic mass is 10.1. The van der Waals surface area contributed by atoms with E-state index in [1.807, 2.05) is 0 Å². The van der Waals surface area contributed by atoms with E-state index in [4.69, 9.17) is 0 Å². The minimum Gasteiger partial charge on any atom is -0.0591 e. The number of rotatable bonds is 2. The lowest BCUT2D eigenvalue weighted by Gasteiger charge is -2.07.